The van der Waals surface area contributed by atoms with Gasteiger partial charge in [0.05, 0.1) is 6.04 Å². The molecule has 1 saturated heterocycles. The Balaban J connectivity index is 1.70. The average molecular weight is 412 g/mol. The van der Waals surface area contributed by atoms with E-state index >= 15 is 0 Å². The Hall–Kier alpha value is -2.14. The summed E-state index contributed by atoms with van der Waals surface area (Å²) in [6.07, 6.45) is 7.16. The van der Waals surface area contributed by atoms with Gasteiger partial charge in [0.15, 0.2) is 0 Å². The lowest BCUT2D eigenvalue weighted by atomic mass is 9.74. The molecule has 3 atom stereocenters. The maximum absolute atomic E-state index is 13.4. The maximum atomic E-state index is 13.4. The largest absolute Gasteiger partial charge is 0.343 e. The lowest BCUT2D eigenvalue weighted by Crippen LogP contribution is -2.58. The fourth-order valence-corrected chi connectivity index (χ4v) is 4.51. The van der Waals surface area contributed by atoms with Crippen LogP contribution in [0.25, 0.3) is 6.08 Å². The van der Waals surface area contributed by atoms with Gasteiger partial charge in [-0.3, -0.25) is 9.59 Å². The lowest BCUT2D eigenvalue weighted by molar-refractivity contribution is -0.140. The van der Waals surface area contributed by atoms with Gasteiger partial charge >= 0.3 is 0 Å². The molecule has 3 rings (SSSR count). The molecule has 5 heteroatoms. The van der Waals surface area contributed by atoms with Crippen molar-refractivity contribution in [1.82, 2.24) is 10.2 Å². The van der Waals surface area contributed by atoms with Gasteiger partial charge in [0.25, 0.3) is 0 Å². The number of rotatable bonds is 5. The summed E-state index contributed by atoms with van der Waals surface area (Å²) in [6, 6.07) is 7.35. The summed E-state index contributed by atoms with van der Waals surface area (Å²) in [7, 11) is 0. The Morgan fingerprint density at radius 1 is 1.20 bits per heavy atom. The normalized spacial score (nSPS) is 20.5. The second-order valence-electron chi connectivity index (χ2n) is 10.1. The summed E-state index contributed by atoms with van der Waals surface area (Å²) in [5.41, 5.74) is 8.49. The zero-order valence-corrected chi connectivity index (χ0v) is 19.1. The second kappa shape index (κ2) is 8.54. The molecule has 1 aromatic rings. The van der Waals surface area contributed by atoms with E-state index < -0.39 is 12.1 Å². The number of nitrogens with two attached hydrogens (primary N) is 1. The molecule has 1 aliphatic carbocycles. The highest BCUT2D eigenvalue weighted by atomic mass is 16.2. The predicted octanol–water partition coefficient (Wildman–Crippen LogP) is 3.48. The third kappa shape index (κ3) is 4.31. The van der Waals surface area contributed by atoms with Gasteiger partial charge in [0.2, 0.25) is 11.8 Å². The van der Waals surface area contributed by atoms with Crippen molar-refractivity contribution >= 4 is 17.9 Å². The summed E-state index contributed by atoms with van der Waals surface area (Å²) < 4.78 is 0. The highest BCUT2D eigenvalue weighted by molar-refractivity contribution is 5.90. The summed E-state index contributed by atoms with van der Waals surface area (Å²) >= 11 is 0. The molecule has 3 N–H and O–H groups in total. The van der Waals surface area contributed by atoms with Crippen LogP contribution in [0.4, 0.5) is 0 Å². The predicted molar refractivity (Wildman–Crippen MR) is 122 cm³/mol. The highest BCUT2D eigenvalue weighted by Gasteiger charge is 2.41. The standard InChI is InChI=1S/C25H37N3O2/c1-6-17(2)20(27-22(29)21(26)24(3,4)5)23(30)28-15-13-25(14-16-28)12-11-18-9-7-8-10-19(18)25/h7-12,17,20-21H,6,13-16,26H2,1-5H3,(H,27,29)/t17-,20?,21?/m0/s1. The Morgan fingerprint density at radius 3 is 2.43 bits per heavy atom. The minimum atomic E-state index is -0.651. The fraction of sp³-hybridized carbons (Fsp3) is 0.600. The van der Waals surface area contributed by atoms with E-state index in [1.807, 2.05) is 39.5 Å². The molecule has 0 radical (unpaired) electrons. The van der Waals surface area contributed by atoms with Crippen LogP contribution in [0.1, 0.15) is 65.0 Å². The van der Waals surface area contributed by atoms with Crippen molar-refractivity contribution in [2.75, 3.05) is 13.1 Å². The molecule has 0 saturated carbocycles. The van der Waals surface area contributed by atoms with Crippen molar-refractivity contribution in [3.05, 3.63) is 41.5 Å². The fourth-order valence-electron chi connectivity index (χ4n) is 4.51. The maximum Gasteiger partial charge on any atom is 0.245 e. The first kappa shape index (κ1) is 22.5. The van der Waals surface area contributed by atoms with E-state index in [0.717, 1.165) is 19.3 Å². The number of likely N-dealkylation sites (tertiary alicyclic amines) is 1. The monoisotopic (exact) mass is 411 g/mol. The van der Waals surface area contributed by atoms with Crippen molar-refractivity contribution in [2.24, 2.45) is 17.1 Å². The van der Waals surface area contributed by atoms with E-state index in [9.17, 15) is 9.59 Å². The number of nitrogens with zero attached hydrogens (tertiary/aromatic N) is 1. The molecule has 1 aliphatic heterocycles. The molecular formula is C25H37N3O2. The van der Waals surface area contributed by atoms with Crippen LogP contribution < -0.4 is 11.1 Å². The number of hydrogen-bond acceptors (Lipinski definition) is 3. The first-order chi connectivity index (χ1) is 14.1. The molecule has 164 valence electrons. The van der Waals surface area contributed by atoms with Crippen molar-refractivity contribution in [3.63, 3.8) is 0 Å². The van der Waals surface area contributed by atoms with E-state index in [1.54, 1.807) is 0 Å². The molecule has 1 fully saturated rings. The molecule has 2 unspecified atom stereocenters. The molecule has 30 heavy (non-hydrogen) atoms. The zero-order valence-electron chi connectivity index (χ0n) is 19.1. The van der Waals surface area contributed by atoms with Crippen molar-refractivity contribution in [2.45, 2.75) is 71.4 Å². The molecule has 1 aromatic carbocycles. The summed E-state index contributed by atoms with van der Waals surface area (Å²) in [5, 5.41) is 2.98. The first-order valence-electron chi connectivity index (χ1n) is 11.2. The summed E-state index contributed by atoms with van der Waals surface area (Å²) in [5.74, 6) is -0.178. The number of carbonyl (C=O) groups is 2. The van der Waals surface area contributed by atoms with E-state index in [0.29, 0.717) is 13.1 Å². The first-order valence-corrected chi connectivity index (χ1v) is 11.2. The highest BCUT2D eigenvalue weighted by Crippen LogP contribution is 2.43. The van der Waals surface area contributed by atoms with Gasteiger partial charge < -0.3 is 16.0 Å². The SMILES string of the molecule is CC[C@H](C)C(NC(=O)C(N)C(C)(C)C)C(=O)N1CCC2(C=Cc3ccccc32)CC1. The van der Waals surface area contributed by atoms with Crippen LogP contribution in [0.15, 0.2) is 30.3 Å². The van der Waals surface area contributed by atoms with Crippen LogP contribution in [0.3, 0.4) is 0 Å². The number of carbonyl (C=O) groups excluding carboxylic acids is 2. The molecule has 2 aliphatic rings. The van der Waals surface area contributed by atoms with Gasteiger partial charge in [-0.15, -0.1) is 0 Å². The number of allylic oxidation sites excluding steroid dienone is 1. The molecule has 5 nitrogen and oxygen atoms in total. The molecule has 0 aromatic heterocycles. The van der Waals surface area contributed by atoms with Crippen LogP contribution in [0, 0.1) is 11.3 Å². The van der Waals surface area contributed by atoms with Gasteiger partial charge in [0.1, 0.15) is 6.04 Å². The van der Waals surface area contributed by atoms with E-state index in [-0.39, 0.29) is 28.6 Å². The van der Waals surface area contributed by atoms with Crippen LogP contribution in [-0.4, -0.2) is 41.9 Å². The topological polar surface area (TPSA) is 75.4 Å². The average Bonchev–Trinajstić information content (AvgIpc) is 3.08. The Morgan fingerprint density at radius 2 is 1.83 bits per heavy atom. The third-order valence-corrected chi connectivity index (χ3v) is 7.04. The van der Waals surface area contributed by atoms with Crippen molar-refractivity contribution < 1.29 is 9.59 Å². The van der Waals surface area contributed by atoms with E-state index in [4.69, 9.17) is 5.73 Å². The molecule has 1 heterocycles. The minimum absolute atomic E-state index is 0.0175. The van der Waals surface area contributed by atoms with Crippen molar-refractivity contribution in [3.8, 4) is 0 Å². The Kier molecular flexibility index (Phi) is 6.42. The van der Waals surface area contributed by atoms with Gasteiger partial charge in [0, 0.05) is 18.5 Å². The van der Waals surface area contributed by atoms with Gasteiger partial charge in [-0.25, -0.2) is 0 Å². The van der Waals surface area contributed by atoms with Crippen LogP contribution in [0.2, 0.25) is 0 Å². The van der Waals surface area contributed by atoms with E-state index in [2.05, 4.69) is 41.7 Å². The smallest absolute Gasteiger partial charge is 0.245 e. The molecule has 2 amide bonds. The summed E-state index contributed by atoms with van der Waals surface area (Å²) in [4.78, 5) is 28.1. The number of piperidine rings is 1. The quantitative estimate of drug-likeness (QED) is 0.779. The third-order valence-electron chi connectivity index (χ3n) is 7.04. The Labute approximate surface area is 181 Å². The molecule has 1 spiro atoms. The molecular weight excluding hydrogens is 374 g/mol. The van der Waals surface area contributed by atoms with Crippen LogP contribution >= 0.6 is 0 Å². The molecule has 0 bridgehead atoms. The van der Waals surface area contributed by atoms with Gasteiger partial charge in [-0.05, 0) is 35.3 Å². The number of hydrogen-bond donors (Lipinski definition) is 2. The minimum Gasteiger partial charge on any atom is -0.343 e. The Bertz CT molecular complexity index is 816. The number of benzene rings is 1. The van der Waals surface area contributed by atoms with Crippen LogP contribution in [0.5, 0.6) is 0 Å². The van der Waals surface area contributed by atoms with E-state index in [1.165, 1.54) is 11.1 Å². The zero-order chi connectivity index (χ0) is 22.1. The van der Waals surface area contributed by atoms with Gasteiger partial charge in [-0.2, -0.15) is 0 Å². The van der Waals surface area contributed by atoms with Crippen molar-refractivity contribution in [1.29, 1.82) is 0 Å². The summed E-state index contributed by atoms with van der Waals surface area (Å²) in [6.45, 7) is 11.3. The second-order valence-corrected chi connectivity index (χ2v) is 10.1. The number of amides is 2. The number of fused-ring (bicyclic) bond motifs is 2. The van der Waals surface area contributed by atoms with Crippen LogP contribution in [-0.2, 0) is 15.0 Å². The number of nitrogens with one attached hydrogen (secondary N) is 1. The lowest BCUT2D eigenvalue weighted by Gasteiger charge is -2.41. The van der Waals surface area contributed by atoms with Gasteiger partial charge in [-0.1, -0.05) is 77.5 Å².